The summed E-state index contributed by atoms with van der Waals surface area (Å²) in [6.07, 6.45) is 0.575. The van der Waals surface area contributed by atoms with E-state index in [-0.39, 0.29) is 17.7 Å². The van der Waals surface area contributed by atoms with E-state index in [4.69, 9.17) is 5.73 Å². The highest BCUT2D eigenvalue weighted by molar-refractivity contribution is 5.85. The molecule has 0 aromatic heterocycles. The van der Waals surface area contributed by atoms with Crippen LogP contribution < -0.4 is 11.1 Å². The minimum absolute atomic E-state index is 0.177. The maximum atomic E-state index is 11.9. The molecule has 17 heavy (non-hydrogen) atoms. The van der Waals surface area contributed by atoms with Crippen molar-refractivity contribution in [3.63, 3.8) is 0 Å². The maximum absolute atomic E-state index is 11.9. The van der Waals surface area contributed by atoms with Gasteiger partial charge in [-0.15, -0.1) is 0 Å². The lowest BCUT2D eigenvalue weighted by molar-refractivity contribution is -0.126. The molecule has 0 radical (unpaired) electrons. The van der Waals surface area contributed by atoms with Crippen molar-refractivity contribution in [1.82, 2.24) is 5.32 Å². The summed E-state index contributed by atoms with van der Waals surface area (Å²) in [5, 5.41) is 12.2. The van der Waals surface area contributed by atoms with E-state index in [1.54, 1.807) is 25.1 Å². The molecule has 4 heteroatoms. The minimum atomic E-state index is -0.856. The summed E-state index contributed by atoms with van der Waals surface area (Å²) >= 11 is 0. The number of phenolic OH excluding ortho intramolecular Hbond substituents is 1. The number of hydrogen-bond donors (Lipinski definition) is 3. The molecule has 4 nitrogen and oxygen atoms in total. The molecular formula is C13H20N2O2. The summed E-state index contributed by atoms with van der Waals surface area (Å²) in [5.74, 6) is 0.00504. The summed E-state index contributed by atoms with van der Waals surface area (Å²) in [7, 11) is 0. The van der Waals surface area contributed by atoms with Crippen LogP contribution in [0.15, 0.2) is 24.3 Å². The third kappa shape index (κ3) is 3.46. The number of carbonyl (C=O) groups excluding carboxylic acids is 1. The predicted molar refractivity (Wildman–Crippen MR) is 67.5 cm³/mol. The zero-order valence-corrected chi connectivity index (χ0v) is 10.5. The second-order valence-corrected chi connectivity index (χ2v) is 4.56. The molecule has 1 rings (SSSR count). The predicted octanol–water partition coefficient (Wildman–Crippen LogP) is 1.70. The van der Waals surface area contributed by atoms with Crippen molar-refractivity contribution in [3.05, 3.63) is 29.8 Å². The first-order chi connectivity index (χ1) is 7.86. The lowest BCUT2D eigenvalue weighted by atomic mass is 9.98. The Hall–Kier alpha value is -1.55. The molecule has 2 unspecified atom stereocenters. The van der Waals surface area contributed by atoms with Crippen LogP contribution in [0.1, 0.15) is 38.8 Å². The average molecular weight is 236 g/mol. The van der Waals surface area contributed by atoms with Crippen molar-refractivity contribution in [1.29, 1.82) is 0 Å². The highest BCUT2D eigenvalue weighted by Crippen LogP contribution is 2.18. The second kappa shape index (κ2) is 5.19. The molecule has 0 fully saturated rings. The molecule has 1 aromatic carbocycles. The normalized spacial score (nSPS) is 16.0. The van der Waals surface area contributed by atoms with E-state index in [2.05, 4.69) is 5.32 Å². The zero-order chi connectivity index (χ0) is 13.1. The van der Waals surface area contributed by atoms with Gasteiger partial charge in [-0.1, -0.05) is 19.1 Å². The van der Waals surface area contributed by atoms with E-state index >= 15 is 0 Å². The smallest absolute Gasteiger partial charge is 0.240 e. The third-order valence-electron chi connectivity index (χ3n) is 2.97. The van der Waals surface area contributed by atoms with Gasteiger partial charge in [0.15, 0.2) is 0 Å². The Morgan fingerprint density at radius 2 is 2.24 bits per heavy atom. The molecule has 94 valence electrons. The molecule has 0 heterocycles. The van der Waals surface area contributed by atoms with Crippen LogP contribution in [-0.2, 0) is 4.79 Å². The molecule has 0 aliphatic rings. The van der Waals surface area contributed by atoms with Crippen LogP contribution in [-0.4, -0.2) is 16.6 Å². The van der Waals surface area contributed by atoms with Gasteiger partial charge in [0.1, 0.15) is 5.75 Å². The van der Waals surface area contributed by atoms with Crippen molar-refractivity contribution in [2.24, 2.45) is 5.73 Å². The Bertz CT molecular complexity index is 402. The van der Waals surface area contributed by atoms with E-state index in [1.807, 2.05) is 19.9 Å². The van der Waals surface area contributed by atoms with Crippen molar-refractivity contribution in [2.45, 2.75) is 38.8 Å². The Morgan fingerprint density at radius 1 is 1.59 bits per heavy atom. The number of hydrogen-bond acceptors (Lipinski definition) is 3. The fourth-order valence-corrected chi connectivity index (χ4v) is 1.40. The molecule has 0 saturated heterocycles. The van der Waals surface area contributed by atoms with Crippen molar-refractivity contribution >= 4 is 5.91 Å². The Kier molecular flexibility index (Phi) is 4.12. The van der Waals surface area contributed by atoms with Gasteiger partial charge in [0.25, 0.3) is 0 Å². The number of benzene rings is 1. The van der Waals surface area contributed by atoms with Crippen LogP contribution in [0.2, 0.25) is 0 Å². The molecule has 2 atom stereocenters. The van der Waals surface area contributed by atoms with E-state index in [0.717, 1.165) is 5.56 Å². The van der Waals surface area contributed by atoms with Gasteiger partial charge in [-0.05, 0) is 38.0 Å². The van der Waals surface area contributed by atoms with Gasteiger partial charge < -0.3 is 16.2 Å². The molecule has 0 bridgehead atoms. The van der Waals surface area contributed by atoms with Crippen LogP contribution in [0.3, 0.4) is 0 Å². The van der Waals surface area contributed by atoms with Gasteiger partial charge in [-0.25, -0.2) is 0 Å². The topological polar surface area (TPSA) is 75.4 Å². The van der Waals surface area contributed by atoms with E-state index in [9.17, 15) is 9.90 Å². The standard InChI is InChI=1S/C13H20N2O2/c1-4-13(3,14)12(17)15-9(2)10-6-5-7-11(16)8-10/h5-9,16H,4,14H2,1-3H3,(H,15,17). The first-order valence-electron chi connectivity index (χ1n) is 5.75. The lowest BCUT2D eigenvalue weighted by Crippen LogP contribution is -2.51. The molecule has 0 aliphatic carbocycles. The van der Waals surface area contributed by atoms with Crippen LogP contribution in [0.4, 0.5) is 0 Å². The minimum Gasteiger partial charge on any atom is -0.508 e. The summed E-state index contributed by atoms with van der Waals surface area (Å²) in [4.78, 5) is 11.9. The second-order valence-electron chi connectivity index (χ2n) is 4.56. The van der Waals surface area contributed by atoms with Crippen LogP contribution in [0, 0.1) is 0 Å². The summed E-state index contributed by atoms with van der Waals surface area (Å²) in [5.41, 5.74) is 5.85. The Balaban J connectivity index is 2.73. The zero-order valence-electron chi connectivity index (χ0n) is 10.5. The number of phenols is 1. The van der Waals surface area contributed by atoms with Gasteiger partial charge in [-0.3, -0.25) is 4.79 Å². The maximum Gasteiger partial charge on any atom is 0.240 e. The van der Waals surface area contributed by atoms with E-state index < -0.39 is 5.54 Å². The van der Waals surface area contributed by atoms with Gasteiger partial charge in [0.05, 0.1) is 11.6 Å². The van der Waals surface area contributed by atoms with Crippen molar-refractivity contribution < 1.29 is 9.90 Å². The number of nitrogens with two attached hydrogens (primary N) is 1. The first-order valence-corrected chi connectivity index (χ1v) is 5.75. The van der Waals surface area contributed by atoms with Gasteiger partial charge in [0, 0.05) is 0 Å². The van der Waals surface area contributed by atoms with Crippen LogP contribution in [0.5, 0.6) is 5.75 Å². The number of rotatable bonds is 4. The van der Waals surface area contributed by atoms with Gasteiger partial charge in [0.2, 0.25) is 5.91 Å². The number of carbonyl (C=O) groups is 1. The Morgan fingerprint density at radius 3 is 2.76 bits per heavy atom. The van der Waals surface area contributed by atoms with Gasteiger partial charge >= 0.3 is 0 Å². The first kappa shape index (κ1) is 13.5. The largest absolute Gasteiger partial charge is 0.508 e. The lowest BCUT2D eigenvalue weighted by Gasteiger charge is -2.24. The van der Waals surface area contributed by atoms with Crippen LogP contribution >= 0.6 is 0 Å². The third-order valence-corrected chi connectivity index (χ3v) is 2.97. The fraction of sp³-hybridized carbons (Fsp3) is 0.462. The summed E-state index contributed by atoms with van der Waals surface area (Å²) < 4.78 is 0. The number of amides is 1. The summed E-state index contributed by atoms with van der Waals surface area (Å²) in [6, 6.07) is 6.64. The average Bonchev–Trinajstić information content (AvgIpc) is 2.28. The molecule has 1 aromatic rings. The fourth-order valence-electron chi connectivity index (χ4n) is 1.40. The molecular weight excluding hydrogens is 216 g/mol. The quantitative estimate of drug-likeness (QED) is 0.744. The number of aromatic hydroxyl groups is 1. The molecule has 0 saturated carbocycles. The number of nitrogens with one attached hydrogen (secondary N) is 1. The van der Waals surface area contributed by atoms with Crippen molar-refractivity contribution in [2.75, 3.05) is 0 Å². The monoisotopic (exact) mass is 236 g/mol. The SMILES string of the molecule is CCC(C)(N)C(=O)NC(C)c1cccc(O)c1. The van der Waals surface area contributed by atoms with Gasteiger partial charge in [-0.2, -0.15) is 0 Å². The Labute approximate surface area is 102 Å². The van der Waals surface area contributed by atoms with Crippen LogP contribution in [0.25, 0.3) is 0 Å². The molecule has 4 N–H and O–H groups in total. The van der Waals surface area contributed by atoms with E-state index in [0.29, 0.717) is 6.42 Å². The molecule has 0 spiro atoms. The van der Waals surface area contributed by atoms with Crippen molar-refractivity contribution in [3.8, 4) is 5.75 Å². The molecule has 0 aliphatic heterocycles. The summed E-state index contributed by atoms with van der Waals surface area (Å²) in [6.45, 7) is 5.44. The molecule has 1 amide bonds. The highest BCUT2D eigenvalue weighted by Gasteiger charge is 2.27. The highest BCUT2D eigenvalue weighted by atomic mass is 16.3. The van der Waals surface area contributed by atoms with E-state index in [1.165, 1.54) is 0 Å².